The molecular formula is C16H17F3N2O3. The Morgan fingerprint density at radius 2 is 1.92 bits per heavy atom. The number of aliphatic carboxylic acids is 1. The number of carboxylic acid groups (broad SMARTS) is 1. The van der Waals surface area contributed by atoms with Gasteiger partial charge in [-0.25, -0.2) is 4.79 Å². The van der Waals surface area contributed by atoms with Crippen LogP contribution < -0.4 is 5.32 Å². The van der Waals surface area contributed by atoms with E-state index in [0.29, 0.717) is 6.42 Å². The summed E-state index contributed by atoms with van der Waals surface area (Å²) in [4.78, 5) is 24.3. The molecule has 2 N–H and O–H groups in total. The summed E-state index contributed by atoms with van der Waals surface area (Å²) in [5.74, 6) is -5.18. The van der Waals surface area contributed by atoms with Crippen LogP contribution in [0.4, 0.5) is 18.0 Å². The van der Waals surface area contributed by atoms with Crippen LogP contribution >= 0.6 is 0 Å². The van der Waals surface area contributed by atoms with Crippen LogP contribution in [0.5, 0.6) is 0 Å². The summed E-state index contributed by atoms with van der Waals surface area (Å²) in [6.07, 6.45) is -3.16. The summed E-state index contributed by atoms with van der Waals surface area (Å²) in [5, 5.41) is 11.7. The minimum absolute atomic E-state index is 0.248. The van der Waals surface area contributed by atoms with Gasteiger partial charge in [0.1, 0.15) is 0 Å². The van der Waals surface area contributed by atoms with E-state index in [-0.39, 0.29) is 6.04 Å². The minimum atomic E-state index is -4.64. The number of nitrogens with one attached hydrogen (secondary N) is 1. The number of benzene rings is 1. The van der Waals surface area contributed by atoms with Gasteiger partial charge in [-0.1, -0.05) is 24.3 Å². The molecule has 130 valence electrons. The van der Waals surface area contributed by atoms with E-state index < -0.39 is 43.1 Å². The van der Waals surface area contributed by atoms with E-state index in [2.05, 4.69) is 5.32 Å². The second-order valence-electron chi connectivity index (χ2n) is 6.24. The Labute approximate surface area is 136 Å². The van der Waals surface area contributed by atoms with Crippen molar-refractivity contribution >= 4 is 12.0 Å². The average molecular weight is 342 g/mol. The van der Waals surface area contributed by atoms with Gasteiger partial charge >= 0.3 is 18.2 Å². The highest BCUT2D eigenvalue weighted by molar-refractivity contribution is 5.78. The van der Waals surface area contributed by atoms with Crippen molar-refractivity contribution in [1.82, 2.24) is 10.2 Å². The molecule has 0 spiro atoms. The van der Waals surface area contributed by atoms with Crippen molar-refractivity contribution in [3.05, 3.63) is 35.4 Å². The lowest BCUT2D eigenvalue weighted by molar-refractivity contribution is -0.187. The first kappa shape index (κ1) is 16.6. The molecule has 1 heterocycles. The number of amides is 2. The minimum Gasteiger partial charge on any atom is -0.481 e. The number of carbonyl (C=O) groups excluding carboxylic acids is 1. The molecule has 3 rings (SSSR count). The number of alkyl halides is 3. The van der Waals surface area contributed by atoms with Gasteiger partial charge in [0.2, 0.25) is 0 Å². The lowest BCUT2D eigenvalue weighted by Crippen LogP contribution is -2.40. The predicted molar refractivity (Wildman–Crippen MR) is 78.3 cm³/mol. The number of hydrogen-bond donors (Lipinski definition) is 2. The van der Waals surface area contributed by atoms with Gasteiger partial charge in [-0.15, -0.1) is 0 Å². The Balaban J connectivity index is 1.69. The van der Waals surface area contributed by atoms with E-state index in [1.54, 1.807) is 0 Å². The molecule has 1 unspecified atom stereocenters. The Bertz CT molecular complexity index is 662. The van der Waals surface area contributed by atoms with Crippen molar-refractivity contribution in [2.24, 2.45) is 11.8 Å². The Morgan fingerprint density at radius 1 is 1.21 bits per heavy atom. The van der Waals surface area contributed by atoms with Crippen LogP contribution in [-0.2, 0) is 11.2 Å². The van der Waals surface area contributed by atoms with Gasteiger partial charge in [-0.05, 0) is 24.0 Å². The molecule has 1 aliphatic heterocycles. The van der Waals surface area contributed by atoms with Crippen LogP contribution in [-0.4, -0.2) is 41.3 Å². The van der Waals surface area contributed by atoms with E-state index in [4.69, 9.17) is 5.11 Å². The molecule has 0 aromatic heterocycles. The van der Waals surface area contributed by atoms with Crippen molar-refractivity contribution in [1.29, 1.82) is 0 Å². The first-order chi connectivity index (χ1) is 11.3. The number of rotatable bonds is 2. The first-order valence-electron chi connectivity index (χ1n) is 7.70. The zero-order valence-electron chi connectivity index (χ0n) is 12.7. The van der Waals surface area contributed by atoms with Crippen molar-refractivity contribution in [3.8, 4) is 0 Å². The molecule has 0 bridgehead atoms. The molecule has 0 radical (unpaired) electrons. The summed E-state index contributed by atoms with van der Waals surface area (Å²) >= 11 is 0. The van der Waals surface area contributed by atoms with E-state index in [1.165, 1.54) is 0 Å². The van der Waals surface area contributed by atoms with E-state index in [9.17, 15) is 22.8 Å². The SMILES string of the molecule is O=C(O)[C@@H]1CN(C(=O)NC2CCc3ccccc32)C[C@H]1C(F)(F)F. The van der Waals surface area contributed by atoms with Gasteiger partial charge in [-0.3, -0.25) is 4.79 Å². The van der Waals surface area contributed by atoms with Crippen molar-refractivity contribution < 1.29 is 27.9 Å². The number of halogens is 3. The fraction of sp³-hybridized carbons (Fsp3) is 0.500. The van der Waals surface area contributed by atoms with Gasteiger partial charge in [-0.2, -0.15) is 13.2 Å². The standard InChI is InChI=1S/C16H17F3N2O3/c17-16(18,19)12-8-21(7-11(12)14(22)23)15(24)20-13-6-5-9-3-1-2-4-10(9)13/h1-4,11-13H,5-8H2,(H,20,24)(H,22,23)/t11-,12-,13?/m1/s1. The molecule has 0 saturated carbocycles. The third-order valence-corrected chi connectivity index (χ3v) is 4.78. The molecule has 8 heteroatoms. The molecule has 2 amide bonds. The normalized spacial score (nSPS) is 26.3. The Morgan fingerprint density at radius 3 is 2.54 bits per heavy atom. The van der Waals surface area contributed by atoms with E-state index in [0.717, 1.165) is 22.4 Å². The number of carboxylic acids is 1. The number of aryl methyl sites for hydroxylation is 1. The number of fused-ring (bicyclic) bond motifs is 1. The average Bonchev–Trinajstić information content (AvgIpc) is 3.11. The topological polar surface area (TPSA) is 69.6 Å². The number of likely N-dealkylation sites (tertiary alicyclic amines) is 1. The smallest absolute Gasteiger partial charge is 0.394 e. The van der Waals surface area contributed by atoms with Crippen LogP contribution in [0, 0.1) is 11.8 Å². The highest BCUT2D eigenvalue weighted by Crippen LogP contribution is 2.38. The Hall–Kier alpha value is -2.25. The van der Waals surface area contributed by atoms with Crippen molar-refractivity contribution in [3.63, 3.8) is 0 Å². The maximum atomic E-state index is 13.0. The van der Waals surface area contributed by atoms with Gasteiger partial charge < -0.3 is 15.3 Å². The van der Waals surface area contributed by atoms with Gasteiger partial charge in [0, 0.05) is 13.1 Å². The van der Waals surface area contributed by atoms with Gasteiger partial charge in [0.25, 0.3) is 0 Å². The second kappa shape index (κ2) is 5.99. The summed E-state index contributed by atoms with van der Waals surface area (Å²) < 4.78 is 39.0. The Kier molecular flexibility index (Phi) is 4.15. The van der Waals surface area contributed by atoms with Crippen LogP contribution in [0.2, 0.25) is 0 Å². The number of hydrogen-bond acceptors (Lipinski definition) is 2. The highest BCUT2D eigenvalue weighted by atomic mass is 19.4. The maximum absolute atomic E-state index is 13.0. The third kappa shape index (κ3) is 3.05. The fourth-order valence-corrected chi connectivity index (χ4v) is 3.50. The monoisotopic (exact) mass is 342 g/mol. The second-order valence-corrected chi connectivity index (χ2v) is 6.24. The molecule has 1 saturated heterocycles. The third-order valence-electron chi connectivity index (χ3n) is 4.78. The maximum Gasteiger partial charge on any atom is 0.394 e. The number of urea groups is 1. The summed E-state index contributed by atoms with van der Waals surface area (Å²) in [6, 6.07) is 6.69. The zero-order valence-corrected chi connectivity index (χ0v) is 12.7. The van der Waals surface area contributed by atoms with Crippen LogP contribution in [0.3, 0.4) is 0 Å². The molecule has 5 nitrogen and oxygen atoms in total. The summed E-state index contributed by atoms with van der Waals surface area (Å²) in [5.41, 5.74) is 2.08. The largest absolute Gasteiger partial charge is 0.481 e. The molecular weight excluding hydrogens is 325 g/mol. The van der Waals surface area contributed by atoms with Gasteiger partial charge in [0.05, 0.1) is 17.9 Å². The molecule has 1 fully saturated rings. The first-order valence-corrected chi connectivity index (χ1v) is 7.70. The lowest BCUT2D eigenvalue weighted by atomic mass is 9.96. The number of nitrogens with zero attached hydrogens (tertiary/aromatic N) is 1. The zero-order chi connectivity index (χ0) is 17.5. The fourth-order valence-electron chi connectivity index (χ4n) is 3.50. The molecule has 1 aromatic rings. The quantitative estimate of drug-likeness (QED) is 0.868. The van der Waals surface area contributed by atoms with E-state index >= 15 is 0 Å². The van der Waals surface area contributed by atoms with Crippen LogP contribution in [0.1, 0.15) is 23.6 Å². The molecule has 3 atom stereocenters. The van der Waals surface area contributed by atoms with Crippen molar-refractivity contribution in [2.45, 2.75) is 25.1 Å². The summed E-state index contributed by atoms with van der Waals surface area (Å²) in [7, 11) is 0. The number of carbonyl (C=O) groups is 2. The predicted octanol–water partition coefficient (Wildman–Crippen LogP) is 2.58. The molecule has 1 aromatic carbocycles. The lowest BCUT2D eigenvalue weighted by Gasteiger charge is -2.21. The van der Waals surface area contributed by atoms with Gasteiger partial charge in [0.15, 0.2) is 0 Å². The van der Waals surface area contributed by atoms with E-state index in [1.807, 2.05) is 24.3 Å². The van der Waals surface area contributed by atoms with Crippen molar-refractivity contribution in [2.75, 3.05) is 13.1 Å². The van der Waals surface area contributed by atoms with Crippen LogP contribution in [0.25, 0.3) is 0 Å². The molecule has 1 aliphatic carbocycles. The van der Waals surface area contributed by atoms with Crippen LogP contribution in [0.15, 0.2) is 24.3 Å². The molecule has 24 heavy (non-hydrogen) atoms. The molecule has 2 aliphatic rings. The highest BCUT2D eigenvalue weighted by Gasteiger charge is 2.53. The summed E-state index contributed by atoms with van der Waals surface area (Å²) in [6.45, 7) is -1.06.